The van der Waals surface area contributed by atoms with E-state index in [4.69, 9.17) is 4.98 Å². The molecule has 4 nitrogen and oxygen atoms in total. The lowest BCUT2D eigenvalue weighted by Gasteiger charge is -2.33. The van der Waals surface area contributed by atoms with Crippen LogP contribution in [-0.2, 0) is 6.54 Å². The number of amides is 1. The average molecular weight is 301 g/mol. The Balaban J connectivity index is 2.03. The fraction of sp³-hybridized carbons (Fsp3) is 0.667. The molecule has 1 fully saturated rings. The first-order valence-electron chi connectivity index (χ1n) is 8.21. The van der Waals surface area contributed by atoms with Gasteiger partial charge >= 0.3 is 0 Å². The van der Waals surface area contributed by atoms with Crippen LogP contribution >= 0.6 is 0 Å². The molecule has 0 saturated carbocycles. The number of aryl methyl sites for hydroxylation is 1. The lowest BCUT2D eigenvalue weighted by atomic mass is 10.0. The van der Waals surface area contributed by atoms with E-state index in [0.717, 1.165) is 29.2 Å². The summed E-state index contributed by atoms with van der Waals surface area (Å²) >= 11 is 0. The maximum absolute atomic E-state index is 12.8. The minimum absolute atomic E-state index is 0.124. The van der Waals surface area contributed by atoms with Crippen LogP contribution in [0.3, 0.4) is 0 Å². The number of rotatable bonds is 1. The second kappa shape index (κ2) is 4.71. The number of hydrogen-bond acceptors (Lipinski definition) is 3. The van der Waals surface area contributed by atoms with E-state index in [9.17, 15) is 4.79 Å². The van der Waals surface area contributed by atoms with Gasteiger partial charge in [-0.3, -0.25) is 4.79 Å². The second-order valence-corrected chi connectivity index (χ2v) is 8.22. The van der Waals surface area contributed by atoms with Crippen LogP contribution in [0.1, 0.15) is 69.1 Å². The molecule has 0 aliphatic carbocycles. The Labute approximate surface area is 133 Å². The Morgan fingerprint density at radius 3 is 2.50 bits per heavy atom. The number of carbonyl (C=O) groups excluding carboxylic acids is 1. The van der Waals surface area contributed by atoms with E-state index in [1.165, 1.54) is 12.8 Å². The van der Waals surface area contributed by atoms with Crippen molar-refractivity contribution in [3.63, 3.8) is 0 Å². The molecule has 0 N–H and O–H groups in total. The summed E-state index contributed by atoms with van der Waals surface area (Å²) in [5.41, 5.74) is 2.91. The highest BCUT2D eigenvalue weighted by atomic mass is 16.2. The van der Waals surface area contributed by atoms with Gasteiger partial charge in [-0.05, 0) is 60.5 Å². The predicted octanol–water partition coefficient (Wildman–Crippen LogP) is 3.52. The molecule has 3 rings (SSSR count). The molecule has 0 spiro atoms. The number of aromatic nitrogens is 1. The lowest BCUT2D eigenvalue weighted by molar-refractivity contribution is 0.0609. The molecule has 22 heavy (non-hydrogen) atoms. The third-order valence-corrected chi connectivity index (χ3v) is 5.10. The van der Waals surface area contributed by atoms with Gasteiger partial charge in [0.25, 0.3) is 5.91 Å². The van der Waals surface area contributed by atoms with Crippen LogP contribution < -0.4 is 4.90 Å². The monoisotopic (exact) mass is 301 g/mol. The summed E-state index contributed by atoms with van der Waals surface area (Å²) in [6, 6.07) is 2.02. The van der Waals surface area contributed by atoms with E-state index < -0.39 is 0 Å². The molecule has 1 amide bonds. The van der Waals surface area contributed by atoms with Crippen molar-refractivity contribution < 1.29 is 4.79 Å². The molecule has 2 aliphatic heterocycles. The first kappa shape index (κ1) is 15.3. The zero-order valence-corrected chi connectivity index (χ0v) is 14.7. The number of fused-ring (bicyclic) bond motifs is 1. The van der Waals surface area contributed by atoms with Crippen molar-refractivity contribution in [1.29, 1.82) is 0 Å². The van der Waals surface area contributed by atoms with E-state index in [1.54, 1.807) is 0 Å². The van der Waals surface area contributed by atoms with Crippen LogP contribution in [0.4, 0.5) is 5.82 Å². The Hall–Kier alpha value is -1.58. The molecule has 120 valence electrons. The molecule has 2 aliphatic rings. The summed E-state index contributed by atoms with van der Waals surface area (Å²) in [4.78, 5) is 21.9. The van der Waals surface area contributed by atoms with Crippen molar-refractivity contribution in [2.24, 2.45) is 0 Å². The first-order valence-corrected chi connectivity index (χ1v) is 8.21. The van der Waals surface area contributed by atoms with Crippen LogP contribution in [-0.4, -0.2) is 33.4 Å². The van der Waals surface area contributed by atoms with Crippen molar-refractivity contribution in [1.82, 2.24) is 9.88 Å². The number of anilines is 1. The minimum atomic E-state index is -0.157. The Kier molecular flexibility index (Phi) is 3.28. The Morgan fingerprint density at radius 1 is 1.27 bits per heavy atom. The smallest absolute Gasteiger partial charge is 0.255 e. The van der Waals surface area contributed by atoms with Crippen LogP contribution in [0.25, 0.3) is 0 Å². The number of carbonyl (C=O) groups is 1. The summed E-state index contributed by atoms with van der Waals surface area (Å²) < 4.78 is 0. The maximum Gasteiger partial charge on any atom is 0.255 e. The predicted molar refractivity (Wildman–Crippen MR) is 89.3 cm³/mol. The number of hydrogen-bond donors (Lipinski definition) is 0. The molecule has 4 heteroatoms. The normalized spacial score (nSPS) is 20.7. The topological polar surface area (TPSA) is 36.4 Å². The summed E-state index contributed by atoms with van der Waals surface area (Å²) in [7, 11) is 0. The number of pyridine rings is 1. The van der Waals surface area contributed by atoms with Gasteiger partial charge in [-0.2, -0.15) is 0 Å². The molecular weight excluding hydrogens is 274 g/mol. The summed E-state index contributed by atoms with van der Waals surface area (Å²) in [5.74, 6) is 1.11. The molecule has 3 heterocycles. The molecule has 0 aromatic carbocycles. The number of nitrogens with zero attached hydrogens (tertiary/aromatic N) is 3. The fourth-order valence-corrected chi connectivity index (χ4v) is 3.66. The van der Waals surface area contributed by atoms with E-state index in [0.29, 0.717) is 6.54 Å². The van der Waals surface area contributed by atoms with E-state index in [1.807, 2.05) is 17.9 Å². The van der Waals surface area contributed by atoms with Gasteiger partial charge in [-0.1, -0.05) is 0 Å². The maximum atomic E-state index is 12.8. The molecule has 0 atom stereocenters. The fourth-order valence-electron chi connectivity index (χ4n) is 3.66. The molecule has 0 radical (unpaired) electrons. The summed E-state index contributed by atoms with van der Waals surface area (Å²) in [6.45, 7) is 14.5. The van der Waals surface area contributed by atoms with Crippen LogP contribution in [0.15, 0.2) is 6.07 Å². The average Bonchev–Trinajstić information content (AvgIpc) is 2.90. The zero-order chi connectivity index (χ0) is 16.3. The molecule has 1 aromatic rings. The van der Waals surface area contributed by atoms with E-state index in [2.05, 4.69) is 39.5 Å². The van der Waals surface area contributed by atoms with Crippen LogP contribution in [0.2, 0.25) is 0 Å². The highest BCUT2D eigenvalue weighted by molar-refractivity contribution is 5.99. The molecule has 0 unspecified atom stereocenters. The van der Waals surface area contributed by atoms with Gasteiger partial charge in [0, 0.05) is 35.4 Å². The third-order valence-electron chi connectivity index (χ3n) is 5.10. The van der Waals surface area contributed by atoms with E-state index >= 15 is 0 Å². The van der Waals surface area contributed by atoms with Gasteiger partial charge in [0.15, 0.2) is 0 Å². The first-order chi connectivity index (χ1) is 10.1. The molecular formula is C18H27N3O. The van der Waals surface area contributed by atoms with E-state index in [-0.39, 0.29) is 17.0 Å². The van der Waals surface area contributed by atoms with Gasteiger partial charge < -0.3 is 9.80 Å². The van der Waals surface area contributed by atoms with Crippen molar-refractivity contribution in [2.45, 2.75) is 72.0 Å². The highest BCUT2D eigenvalue weighted by Gasteiger charge is 2.38. The SMILES string of the molecule is Cc1nc(N2CCCC2(C)C)cc2c1CN(C(C)(C)C)C2=O. The summed E-state index contributed by atoms with van der Waals surface area (Å²) in [5, 5.41) is 0. The molecule has 0 bridgehead atoms. The van der Waals surface area contributed by atoms with Crippen LogP contribution in [0.5, 0.6) is 0 Å². The van der Waals surface area contributed by atoms with Crippen molar-refractivity contribution in [3.8, 4) is 0 Å². The van der Waals surface area contributed by atoms with Crippen LogP contribution in [0, 0.1) is 6.92 Å². The molecule has 1 saturated heterocycles. The standard InChI is InChI=1S/C18H27N3O/c1-12-14-11-21(17(2,3)4)16(22)13(14)10-15(19-12)20-9-7-8-18(20,5)6/h10H,7-9,11H2,1-6H3. The minimum Gasteiger partial charge on any atom is -0.351 e. The Bertz CT molecular complexity index is 628. The van der Waals surface area contributed by atoms with Gasteiger partial charge in [-0.15, -0.1) is 0 Å². The summed E-state index contributed by atoms with van der Waals surface area (Å²) in [6.07, 6.45) is 2.36. The van der Waals surface area contributed by atoms with Gasteiger partial charge in [0.1, 0.15) is 5.82 Å². The molecule has 1 aromatic heterocycles. The van der Waals surface area contributed by atoms with Crippen molar-refractivity contribution >= 4 is 11.7 Å². The van der Waals surface area contributed by atoms with Crippen molar-refractivity contribution in [2.75, 3.05) is 11.4 Å². The van der Waals surface area contributed by atoms with Crippen molar-refractivity contribution in [3.05, 3.63) is 22.9 Å². The zero-order valence-electron chi connectivity index (χ0n) is 14.7. The third kappa shape index (κ3) is 2.29. The van der Waals surface area contributed by atoms with Gasteiger partial charge in [0.05, 0.1) is 5.56 Å². The Morgan fingerprint density at radius 2 is 1.95 bits per heavy atom. The lowest BCUT2D eigenvalue weighted by Crippen LogP contribution is -2.41. The van der Waals surface area contributed by atoms with Gasteiger partial charge in [0.2, 0.25) is 0 Å². The highest BCUT2D eigenvalue weighted by Crippen LogP contribution is 2.37. The van der Waals surface area contributed by atoms with Gasteiger partial charge in [-0.25, -0.2) is 4.98 Å². The largest absolute Gasteiger partial charge is 0.351 e. The quantitative estimate of drug-likeness (QED) is 0.796. The second-order valence-electron chi connectivity index (χ2n) is 8.22.